The highest BCUT2D eigenvalue weighted by Crippen LogP contribution is 2.26. The smallest absolute Gasteiger partial charge is 0.169 e. The minimum absolute atomic E-state index is 0.238. The first kappa shape index (κ1) is 11.3. The summed E-state index contributed by atoms with van der Waals surface area (Å²) in [7, 11) is 2.22. The molecule has 2 aromatic heterocycles. The van der Waals surface area contributed by atoms with Gasteiger partial charge in [-0.3, -0.25) is 0 Å². The van der Waals surface area contributed by atoms with Crippen LogP contribution in [0.1, 0.15) is 26.2 Å². The minimum atomic E-state index is 0.238. The Kier molecular flexibility index (Phi) is 3.34. The van der Waals surface area contributed by atoms with E-state index in [0.717, 1.165) is 11.6 Å². The van der Waals surface area contributed by atoms with E-state index in [0.29, 0.717) is 5.58 Å². The third-order valence-electron chi connectivity index (χ3n) is 3.30. The van der Waals surface area contributed by atoms with Gasteiger partial charge in [0.25, 0.3) is 0 Å². The number of hydrogen-bond acceptors (Lipinski definition) is 3. The maximum atomic E-state index is 8.85. The Morgan fingerprint density at radius 3 is 2.56 bits per heavy atom. The molecule has 3 nitrogen and oxygen atoms in total. The van der Waals surface area contributed by atoms with Gasteiger partial charge in [0, 0.05) is 12.1 Å². The van der Waals surface area contributed by atoms with Crippen LogP contribution in [0.5, 0.6) is 5.75 Å². The van der Waals surface area contributed by atoms with Crippen molar-refractivity contribution in [3.05, 3.63) is 18.2 Å². The molecule has 1 saturated heterocycles. The third-order valence-corrected chi connectivity index (χ3v) is 3.30. The largest absolute Gasteiger partial charge is 0.504 e. The van der Waals surface area contributed by atoms with Gasteiger partial charge in [-0.1, -0.05) is 6.92 Å². The third kappa shape index (κ3) is 2.30. The second-order valence-electron chi connectivity index (χ2n) is 4.42. The van der Waals surface area contributed by atoms with E-state index in [1.54, 1.807) is 12.1 Å². The van der Waals surface area contributed by atoms with Crippen LogP contribution in [0.3, 0.4) is 0 Å². The maximum absolute atomic E-state index is 8.85. The molecule has 1 atom stereocenters. The van der Waals surface area contributed by atoms with Crippen molar-refractivity contribution in [3.63, 3.8) is 0 Å². The summed E-state index contributed by atoms with van der Waals surface area (Å²) in [6, 6.07) is 6.05. The van der Waals surface area contributed by atoms with Crippen molar-refractivity contribution in [3.8, 4) is 5.75 Å². The molecule has 1 aliphatic rings. The zero-order chi connectivity index (χ0) is 11.5. The van der Waals surface area contributed by atoms with Crippen molar-refractivity contribution in [1.29, 1.82) is 0 Å². The molecular weight excluding hydrogens is 202 g/mol. The lowest BCUT2D eigenvalue weighted by atomic mass is 10.2. The summed E-state index contributed by atoms with van der Waals surface area (Å²) in [6.45, 7) is 3.59. The van der Waals surface area contributed by atoms with E-state index in [-0.39, 0.29) is 5.75 Å². The van der Waals surface area contributed by atoms with Crippen LogP contribution < -0.4 is 0 Å². The molecule has 0 radical (unpaired) electrons. The number of phenols is 1. The zero-order valence-corrected chi connectivity index (χ0v) is 9.94. The number of hydrogen-bond donors (Lipinski definition) is 1. The average molecular weight is 221 g/mol. The van der Waals surface area contributed by atoms with Crippen LogP contribution in [0.4, 0.5) is 0 Å². The summed E-state index contributed by atoms with van der Waals surface area (Å²) < 4.78 is 4.96. The van der Waals surface area contributed by atoms with Crippen LogP contribution >= 0.6 is 0 Å². The first-order chi connectivity index (χ1) is 7.70. The molecule has 3 heteroatoms. The number of phenolic OH excluding ortho intramolecular Hbond substituents is 1. The summed E-state index contributed by atoms with van der Waals surface area (Å²) >= 11 is 0. The molecule has 1 fully saturated rings. The van der Waals surface area contributed by atoms with Crippen molar-refractivity contribution >= 4 is 11.2 Å². The van der Waals surface area contributed by atoms with E-state index < -0.39 is 0 Å². The lowest BCUT2D eigenvalue weighted by Crippen LogP contribution is -2.23. The predicted molar refractivity (Wildman–Crippen MR) is 65.0 cm³/mol. The standard InChI is InChI=1S/C7H15N.C6H4O2/c1-3-7-5-4-6-8(7)2;7-5-3-4-1-2-6(5)8-4/h7H,3-6H2,1-2H3;1-3,7H. The van der Waals surface area contributed by atoms with Crippen molar-refractivity contribution < 1.29 is 9.52 Å². The minimum Gasteiger partial charge on any atom is -0.504 e. The topological polar surface area (TPSA) is 36.6 Å². The fourth-order valence-electron chi connectivity index (χ4n) is 2.27. The molecule has 0 aliphatic carbocycles. The number of furan rings is 2. The Balaban J connectivity index is 0.000000120. The number of rotatable bonds is 1. The van der Waals surface area contributed by atoms with Gasteiger partial charge in [0.15, 0.2) is 11.3 Å². The van der Waals surface area contributed by atoms with Gasteiger partial charge in [0.1, 0.15) is 5.58 Å². The predicted octanol–water partition coefficient (Wildman–Crippen LogP) is 3.07. The van der Waals surface area contributed by atoms with Crippen LogP contribution in [0.15, 0.2) is 22.6 Å². The first-order valence-corrected chi connectivity index (χ1v) is 5.92. The summed E-state index contributed by atoms with van der Waals surface area (Å²) in [5, 5.41) is 8.85. The molecule has 0 spiro atoms. The Morgan fingerprint density at radius 1 is 1.50 bits per heavy atom. The first-order valence-electron chi connectivity index (χ1n) is 5.92. The van der Waals surface area contributed by atoms with Crippen LogP contribution in [-0.2, 0) is 0 Å². The van der Waals surface area contributed by atoms with Crippen molar-refractivity contribution in [1.82, 2.24) is 4.90 Å². The van der Waals surface area contributed by atoms with Gasteiger partial charge in [-0.05, 0) is 45.0 Å². The van der Waals surface area contributed by atoms with Gasteiger partial charge in [0.05, 0.1) is 0 Å². The molecule has 1 unspecified atom stereocenters. The fourth-order valence-corrected chi connectivity index (χ4v) is 2.27. The Labute approximate surface area is 96.0 Å². The maximum Gasteiger partial charge on any atom is 0.169 e. The van der Waals surface area contributed by atoms with Crippen molar-refractivity contribution in [2.45, 2.75) is 32.2 Å². The Bertz CT molecular complexity index is 423. The molecule has 0 amide bonds. The number of benzene rings is 1. The molecule has 3 heterocycles. The Hall–Kier alpha value is -1.22. The number of aromatic hydroxyl groups is 1. The average Bonchev–Trinajstić information content (AvgIpc) is 2.94. The van der Waals surface area contributed by atoms with Gasteiger partial charge < -0.3 is 14.4 Å². The quantitative estimate of drug-likeness (QED) is 0.804. The van der Waals surface area contributed by atoms with Crippen molar-refractivity contribution in [2.75, 3.05) is 13.6 Å². The van der Waals surface area contributed by atoms with E-state index in [2.05, 4.69) is 18.9 Å². The molecule has 0 aromatic carbocycles. The monoisotopic (exact) mass is 221 g/mol. The SMILES string of the molecule is CCC1CCCN1C.Oc1cc2ccc1o2. The number of fused-ring (bicyclic) bond motifs is 2. The van der Waals surface area contributed by atoms with Gasteiger partial charge in [0.2, 0.25) is 0 Å². The van der Waals surface area contributed by atoms with Gasteiger partial charge in [-0.15, -0.1) is 0 Å². The summed E-state index contributed by atoms with van der Waals surface area (Å²) in [4.78, 5) is 2.46. The number of likely N-dealkylation sites (tertiary alicyclic amines) is 1. The summed E-state index contributed by atoms with van der Waals surface area (Å²) in [5.41, 5.74) is 1.30. The van der Waals surface area contributed by atoms with Crippen LogP contribution in [-0.4, -0.2) is 29.6 Å². The molecule has 1 N–H and O–H groups in total. The highest BCUT2D eigenvalue weighted by atomic mass is 16.4. The molecule has 1 aliphatic heterocycles. The molecule has 2 bridgehead atoms. The summed E-state index contributed by atoms with van der Waals surface area (Å²) in [6.07, 6.45) is 4.17. The second-order valence-corrected chi connectivity index (χ2v) is 4.42. The van der Waals surface area contributed by atoms with Gasteiger partial charge in [-0.25, -0.2) is 0 Å². The van der Waals surface area contributed by atoms with E-state index in [1.807, 2.05) is 6.07 Å². The second kappa shape index (κ2) is 4.74. The van der Waals surface area contributed by atoms with E-state index in [1.165, 1.54) is 25.8 Å². The van der Waals surface area contributed by atoms with E-state index in [4.69, 9.17) is 9.52 Å². The van der Waals surface area contributed by atoms with Gasteiger partial charge >= 0.3 is 0 Å². The Morgan fingerprint density at radius 2 is 2.31 bits per heavy atom. The highest BCUT2D eigenvalue weighted by molar-refractivity contribution is 5.68. The summed E-state index contributed by atoms with van der Waals surface area (Å²) in [5.74, 6) is 0.238. The molecule has 3 rings (SSSR count). The normalized spacial score (nSPS) is 21.2. The molecule has 88 valence electrons. The van der Waals surface area contributed by atoms with E-state index in [9.17, 15) is 0 Å². The lowest BCUT2D eigenvalue weighted by Gasteiger charge is -2.16. The van der Waals surface area contributed by atoms with Gasteiger partial charge in [-0.2, -0.15) is 0 Å². The van der Waals surface area contributed by atoms with E-state index >= 15 is 0 Å². The molecular formula is C13H19NO2. The van der Waals surface area contributed by atoms with Crippen molar-refractivity contribution in [2.24, 2.45) is 0 Å². The molecule has 2 aromatic rings. The fraction of sp³-hybridized carbons (Fsp3) is 0.538. The van der Waals surface area contributed by atoms with Crippen LogP contribution in [0.2, 0.25) is 0 Å². The molecule has 0 saturated carbocycles. The number of nitrogens with zero attached hydrogens (tertiary/aromatic N) is 1. The van der Waals surface area contributed by atoms with Crippen LogP contribution in [0, 0.1) is 0 Å². The highest BCUT2D eigenvalue weighted by Gasteiger charge is 2.17. The molecule has 16 heavy (non-hydrogen) atoms. The zero-order valence-electron chi connectivity index (χ0n) is 9.94. The van der Waals surface area contributed by atoms with Crippen LogP contribution in [0.25, 0.3) is 11.2 Å². The lowest BCUT2D eigenvalue weighted by molar-refractivity contribution is 0.304.